The molecule has 3 aliphatic carbocycles. The predicted molar refractivity (Wildman–Crippen MR) is 102 cm³/mol. The molecule has 0 aromatic heterocycles. The van der Waals surface area contributed by atoms with Crippen LogP contribution in [0.1, 0.15) is 38.5 Å². The Morgan fingerprint density at radius 2 is 1.68 bits per heavy atom. The molecule has 28 heavy (non-hydrogen) atoms. The molecule has 0 spiro atoms. The average molecular weight is 412 g/mol. The van der Waals surface area contributed by atoms with Gasteiger partial charge < -0.3 is 15.7 Å². The standard InChI is InChI=1S/C17H24N4O6S/c18-28(26,27)12-1-2-13(14(9-12)21(24)25)19-10-16-3-6-17(7-4-16,8-5-16)11-20-15(22)23/h1-2,9,19-20H,3-8,10-11H2,(H,22,23)(H2,18,26,27). The van der Waals surface area contributed by atoms with Crippen molar-refractivity contribution in [3.05, 3.63) is 28.3 Å². The first-order valence-electron chi connectivity index (χ1n) is 9.06. The SMILES string of the molecule is NS(=O)(=O)c1ccc(NCC23CCC(CNC(=O)O)(CC2)CC3)c([N+](=O)[O-])c1. The van der Waals surface area contributed by atoms with Crippen LogP contribution in [0.4, 0.5) is 16.2 Å². The molecule has 1 aromatic rings. The lowest BCUT2D eigenvalue weighted by Gasteiger charge is -2.53. The molecule has 3 aliphatic rings. The van der Waals surface area contributed by atoms with Gasteiger partial charge in [0.15, 0.2) is 0 Å². The van der Waals surface area contributed by atoms with E-state index in [1.165, 1.54) is 12.1 Å². The molecule has 154 valence electrons. The first-order valence-corrected chi connectivity index (χ1v) is 10.6. The molecule has 0 atom stereocenters. The summed E-state index contributed by atoms with van der Waals surface area (Å²) in [6.07, 6.45) is 4.51. The third kappa shape index (κ3) is 4.20. The normalized spacial score (nSPS) is 26.6. The Hall–Kier alpha value is -2.40. The van der Waals surface area contributed by atoms with Crippen LogP contribution in [-0.4, -0.2) is 37.6 Å². The monoisotopic (exact) mass is 412 g/mol. The Labute approximate surface area is 162 Å². The minimum atomic E-state index is -4.02. The zero-order valence-electron chi connectivity index (χ0n) is 15.3. The van der Waals surface area contributed by atoms with Gasteiger partial charge in [0.1, 0.15) is 5.69 Å². The van der Waals surface area contributed by atoms with Crippen molar-refractivity contribution in [1.82, 2.24) is 5.32 Å². The average Bonchev–Trinajstić information content (AvgIpc) is 2.65. The van der Waals surface area contributed by atoms with Crippen LogP contribution in [-0.2, 0) is 10.0 Å². The minimum absolute atomic E-state index is 0.0114. The molecule has 0 unspecified atom stereocenters. The highest BCUT2D eigenvalue weighted by Gasteiger charge is 2.48. The fourth-order valence-corrected chi connectivity index (χ4v) is 4.94. The van der Waals surface area contributed by atoms with Crippen molar-refractivity contribution < 1.29 is 23.2 Å². The highest BCUT2D eigenvalue weighted by molar-refractivity contribution is 7.89. The fourth-order valence-electron chi connectivity index (χ4n) is 4.41. The summed E-state index contributed by atoms with van der Waals surface area (Å²) in [5, 5.41) is 30.9. The van der Waals surface area contributed by atoms with Crippen LogP contribution in [0.5, 0.6) is 0 Å². The van der Waals surface area contributed by atoms with Gasteiger partial charge in [0.2, 0.25) is 10.0 Å². The van der Waals surface area contributed by atoms with E-state index in [2.05, 4.69) is 10.6 Å². The molecule has 4 rings (SSSR count). The van der Waals surface area contributed by atoms with Gasteiger partial charge in [-0.3, -0.25) is 10.1 Å². The molecule has 0 aliphatic heterocycles. The van der Waals surface area contributed by atoms with E-state index in [1.807, 2.05) is 0 Å². The van der Waals surface area contributed by atoms with Crippen molar-refractivity contribution in [3.63, 3.8) is 0 Å². The molecule has 1 aromatic carbocycles. The number of hydrogen-bond donors (Lipinski definition) is 4. The second kappa shape index (κ2) is 7.21. The maximum Gasteiger partial charge on any atom is 0.404 e. The molecule has 1 amide bonds. The summed E-state index contributed by atoms with van der Waals surface area (Å²) < 4.78 is 22.9. The number of nitrogens with one attached hydrogen (secondary N) is 2. The number of benzene rings is 1. The first-order chi connectivity index (χ1) is 13.0. The van der Waals surface area contributed by atoms with Crippen LogP contribution in [0.15, 0.2) is 23.1 Å². The third-order valence-electron chi connectivity index (χ3n) is 6.32. The summed E-state index contributed by atoms with van der Waals surface area (Å²) in [6, 6.07) is 3.60. The number of anilines is 1. The Bertz CT molecular complexity index is 876. The summed E-state index contributed by atoms with van der Waals surface area (Å²) in [4.78, 5) is 21.2. The summed E-state index contributed by atoms with van der Waals surface area (Å²) in [5.41, 5.74) is -0.0305. The number of fused-ring (bicyclic) bond motifs is 3. The van der Waals surface area contributed by atoms with Crippen LogP contribution in [0, 0.1) is 20.9 Å². The molecule has 0 saturated heterocycles. The van der Waals surface area contributed by atoms with E-state index < -0.39 is 21.0 Å². The molecular formula is C17H24N4O6S. The lowest BCUT2D eigenvalue weighted by atomic mass is 9.53. The van der Waals surface area contributed by atoms with Gasteiger partial charge in [-0.25, -0.2) is 18.4 Å². The van der Waals surface area contributed by atoms with Crippen molar-refractivity contribution in [2.24, 2.45) is 16.0 Å². The van der Waals surface area contributed by atoms with Gasteiger partial charge in [0.05, 0.1) is 9.82 Å². The van der Waals surface area contributed by atoms with Gasteiger partial charge in [0, 0.05) is 19.2 Å². The van der Waals surface area contributed by atoms with Gasteiger partial charge in [-0.05, 0) is 61.5 Å². The minimum Gasteiger partial charge on any atom is -0.465 e. The highest BCUT2D eigenvalue weighted by Crippen LogP contribution is 2.56. The Kier molecular flexibility index (Phi) is 5.24. The Balaban J connectivity index is 1.69. The van der Waals surface area contributed by atoms with E-state index in [4.69, 9.17) is 10.2 Å². The lowest BCUT2D eigenvalue weighted by molar-refractivity contribution is -0.384. The van der Waals surface area contributed by atoms with Crippen LogP contribution < -0.4 is 15.8 Å². The van der Waals surface area contributed by atoms with Crippen LogP contribution in [0.2, 0.25) is 0 Å². The Morgan fingerprint density at radius 3 is 2.14 bits per heavy atom. The smallest absolute Gasteiger partial charge is 0.404 e. The van der Waals surface area contributed by atoms with Crippen molar-refractivity contribution in [2.75, 3.05) is 18.4 Å². The topological polar surface area (TPSA) is 165 Å². The maximum absolute atomic E-state index is 11.4. The number of nitrogens with two attached hydrogens (primary N) is 1. The number of carbonyl (C=O) groups is 1. The van der Waals surface area contributed by atoms with Crippen molar-refractivity contribution >= 4 is 27.5 Å². The molecule has 0 radical (unpaired) electrons. The number of primary sulfonamides is 1. The third-order valence-corrected chi connectivity index (χ3v) is 7.23. The maximum atomic E-state index is 11.4. The summed E-state index contributed by atoms with van der Waals surface area (Å²) in [6.45, 7) is 1.01. The number of carboxylic acid groups (broad SMARTS) is 1. The van der Waals surface area contributed by atoms with Gasteiger partial charge in [-0.15, -0.1) is 0 Å². The number of nitrogens with zero attached hydrogens (tertiary/aromatic N) is 1. The largest absolute Gasteiger partial charge is 0.465 e. The number of amides is 1. The van der Waals surface area contributed by atoms with Crippen LogP contribution in [0.3, 0.4) is 0 Å². The quantitative estimate of drug-likeness (QED) is 0.394. The molecule has 3 fully saturated rings. The predicted octanol–water partition coefficient (Wildman–Crippen LogP) is 2.26. The molecule has 3 saturated carbocycles. The molecule has 10 nitrogen and oxygen atoms in total. The zero-order valence-corrected chi connectivity index (χ0v) is 16.1. The highest BCUT2D eigenvalue weighted by atomic mass is 32.2. The number of sulfonamides is 1. The number of rotatable bonds is 7. The second-order valence-electron chi connectivity index (χ2n) is 7.99. The van der Waals surface area contributed by atoms with E-state index in [-0.39, 0.29) is 27.1 Å². The Morgan fingerprint density at radius 1 is 1.14 bits per heavy atom. The van der Waals surface area contributed by atoms with Crippen LogP contribution >= 0.6 is 0 Å². The van der Waals surface area contributed by atoms with Crippen LogP contribution in [0.25, 0.3) is 0 Å². The summed E-state index contributed by atoms with van der Waals surface area (Å²) in [5.74, 6) is 0. The molecule has 0 heterocycles. The first kappa shape index (κ1) is 20.3. The number of nitro benzene ring substituents is 1. The van der Waals surface area contributed by atoms with Gasteiger partial charge in [-0.1, -0.05) is 0 Å². The zero-order chi connectivity index (χ0) is 20.6. The van der Waals surface area contributed by atoms with E-state index in [0.717, 1.165) is 44.6 Å². The van der Waals surface area contributed by atoms with E-state index in [0.29, 0.717) is 13.1 Å². The van der Waals surface area contributed by atoms with E-state index in [1.54, 1.807) is 0 Å². The lowest BCUT2D eigenvalue weighted by Crippen LogP contribution is -2.49. The fraction of sp³-hybridized carbons (Fsp3) is 0.588. The van der Waals surface area contributed by atoms with Crippen molar-refractivity contribution in [3.8, 4) is 0 Å². The van der Waals surface area contributed by atoms with Gasteiger partial charge in [0.25, 0.3) is 5.69 Å². The van der Waals surface area contributed by atoms with E-state index >= 15 is 0 Å². The number of nitro groups is 1. The molecule has 2 bridgehead atoms. The van der Waals surface area contributed by atoms with Crippen molar-refractivity contribution in [2.45, 2.75) is 43.4 Å². The summed E-state index contributed by atoms with van der Waals surface area (Å²) >= 11 is 0. The molecule has 5 N–H and O–H groups in total. The van der Waals surface area contributed by atoms with E-state index in [9.17, 15) is 23.3 Å². The summed E-state index contributed by atoms with van der Waals surface area (Å²) in [7, 11) is -4.02. The molecular weight excluding hydrogens is 388 g/mol. The molecule has 11 heteroatoms. The van der Waals surface area contributed by atoms with Gasteiger partial charge >= 0.3 is 6.09 Å². The van der Waals surface area contributed by atoms with Crippen molar-refractivity contribution in [1.29, 1.82) is 0 Å². The second-order valence-corrected chi connectivity index (χ2v) is 9.55. The van der Waals surface area contributed by atoms with Gasteiger partial charge in [-0.2, -0.15) is 0 Å². The number of hydrogen-bond acceptors (Lipinski definition) is 6.